The van der Waals surface area contributed by atoms with Crippen molar-refractivity contribution in [2.75, 3.05) is 14.2 Å². The van der Waals surface area contributed by atoms with Crippen LogP contribution in [0.4, 0.5) is 0 Å². The topological polar surface area (TPSA) is 40.8 Å². The minimum absolute atomic E-state index is 0.383. The van der Waals surface area contributed by atoms with Crippen molar-refractivity contribution < 1.29 is 18.6 Å². The van der Waals surface area contributed by atoms with Gasteiger partial charge >= 0.3 is 0 Å². The average molecular weight is 260 g/mol. The van der Waals surface area contributed by atoms with Crippen molar-refractivity contribution in [3.8, 4) is 17.2 Å². The van der Waals surface area contributed by atoms with Crippen LogP contribution in [0.25, 0.3) is 17.0 Å². The van der Waals surface area contributed by atoms with Crippen LogP contribution in [0.3, 0.4) is 0 Å². The zero-order chi connectivity index (χ0) is 13.6. The second kappa shape index (κ2) is 3.95. The minimum atomic E-state index is -0.383. The molecule has 0 aliphatic carbocycles. The molecule has 0 bridgehead atoms. The van der Waals surface area contributed by atoms with Crippen LogP contribution in [0.15, 0.2) is 22.8 Å². The molecule has 2 heterocycles. The molecule has 4 heteroatoms. The second-order valence-electron chi connectivity index (χ2n) is 5.01. The van der Waals surface area contributed by atoms with Crippen LogP contribution in [0, 0.1) is 0 Å². The van der Waals surface area contributed by atoms with Gasteiger partial charge in [0.2, 0.25) is 5.75 Å². The van der Waals surface area contributed by atoms with Crippen molar-refractivity contribution in [2.45, 2.75) is 19.4 Å². The van der Waals surface area contributed by atoms with E-state index in [0.29, 0.717) is 17.1 Å². The summed E-state index contributed by atoms with van der Waals surface area (Å²) in [5.41, 5.74) is 1.14. The molecule has 1 aliphatic rings. The number of rotatable bonds is 2. The summed E-state index contributed by atoms with van der Waals surface area (Å²) in [5.74, 6) is 2.01. The molecule has 2 aromatic rings. The monoisotopic (exact) mass is 260 g/mol. The summed E-state index contributed by atoms with van der Waals surface area (Å²) < 4.78 is 22.5. The molecule has 0 atom stereocenters. The van der Waals surface area contributed by atoms with Gasteiger partial charge in [0.15, 0.2) is 11.3 Å². The Bertz CT molecular complexity index is 664. The molecular weight excluding hydrogens is 244 g/mol. The molecule has 1 aliphatic heterocycles. The molecule has 3 rings (SSSR count). The van der Waals surface area contributed by atoms with E-state index in [2.05, 4.69) is 0 Å². The van der Waals surface area contributed by atoms with Crippen LogP contribution < -0.4 is 14.2 Å². The third-order valence-electron chi connectivity index (χ3n) is 3.24. The van der Waals surface area contributed by atoms with E-state index in [9.17, 15) is 0 Å². The molecule has 0 unspecified atom stereocenters. The van der Waals surface area contributed by atoms with E-state index in [-0.39, 0.29) is 5.60 Å². The summed E-state index contributed by atoms with van der Waals surface area (Å²) >= 11 is 0. The fraction of sp³-hybridized carbons (Fsp3) is 0.333. The van der Waals surface area contributed by atoms with Crippen molar-refractivity contribution in [3.63, 3.8) is 0 Å². The maximum absolute atomic E-state index is 6.01. The Kier molecular flexibility index (Phi) is 2.49. The highest BCUT2D eigenvalue weighted by Crippen LogP contribution is 2.49. The molecule has 0 saturated heterocycles. The number of hydrogen-bond donors (Lipinski definition) is 0. The highest BCUT2D eigenvalue weighted by molar-refractivity contribution is 5.96. The average Bonchev–Trinajstić information content (AvgIpc) is 2.83. The molecule has 1 aromatic carbocycles. The number of benzene rings is 1. The van der Waals surface area contributed by atoms with Gasteiger partial charge in [-0.25, -0.2) is 0 Å². The van der Waals surface area contributed by atoms with Crippen LogP contribution in [0.5, 0.6) is 17.2 Å². The molecule has 1 aromatic heterocycles. The van der Waals surface area contributed by atoms with Gasteiger partial charge in [0.05, 0.1) is 31.4 Å². The fourth-order valence-corrected chi connectivity index (χ4v) is 2.38. The van der Waals surface area contributed by atoms with E-state index in [1.54, 1.807) is 20.5 Å². The SMILES string of the molecule is COc1c2c(c(OC)c3occc13)OC(C)(C)C=C2. The lowest BCUT2D eigenvalue weighted by Crippen LogP contribution is -2.28. The molecule has 0 N–H and O–H groups in total. The van der Waals surface area contributed by atoms with E-state index in [0.717, 1.165) is 16.7 Å². The lowest BCUT2D eigenvalue weighted by Gasteiger charge is -2.29. The molecule has 0 saturated carbocycles. The van der Waals surface area contributed by atoms with Gasteiger partial charge in [0.25, 0.3) is 0 Å². The summed E-state index contributed by atoms with van der Waals surface area (Å²) in [4.78, 5) is 0. The fourth-order valence-electron chi connectivity index (χ4n) is 2.38. The van der Waals surface area contributed by atoms with Gasteiger partial charge in [-0.15, -0.1) is 0 Å². The zero-order valence-electron chi connectivity index (χ0n) is 11.4. The van der Waals surface area contributed by atoms with Crippen LogP contribution in [-0.4, -0.2) is 19.8 Å². The first-order valence-electron chi connectivity index (χ1n) is 6.11. The molecular formula is C15H16O4. The van der Waals surface area contributed by atoms with E-state index < -0.39 is 0 Å². The van der Waals surface area contributed by atoms with Crippen LogP contribution in [0.2, 0.25) is 0 Å². The van der Waals surface area contributed by atoms with Crippen molar-refractivity contribution in [2.24, 2.45) is 0 Å². The molecule has 19 heavy (non-hydrogen) atoms. The summed E-state index contributed by atoms with van der Waals surface area (Å²) in [6.45, 7) is 3.98. The van der Waals surface area contributed by atoms with Gasteiger partial charge in [0.1, 0.15) is 11.4 Å². The highest BCUT2D eigenvalue weighted by Gasteiger charge is 2.30. The van der Waals surface area contributed by atoms with Gasteiger partial charge < -0.3 is 18.6 Å². The lowest BCUT2D eigenvalue weighted by atomic mass is 9.99. The normalized spacial score (nSPS) is 16.0. The van der Waals surface area contributed by atoms with Crippen molar-refractivity contribution >= 4 is 17.0 Å². The Balaban J connectivity index is 2.40. The quantitative estimate of drug-likeness (QED) is 0.826. The van der Waals surface area contributed by atoms with Crippen LogP contribution in [0.1, 0.15) is 19.4 Å². The van der Waals surface area contributed by atoms with E-state index >= 15 is 0 Å². The molecule has 0 spiro atoms. The number of furan rings is 1. The van der Waals surface area contributed by atoms with Gasteiger partial charge in [0, 0.05) is 0 Å². The number of hydrogen-bond acceptors (Lipinski definition) is 4. The Labute approximate surface area is 111 Å². The molecule has 4 nitrogen and oxygen atoms in total. The van der Waals surface area contributed by atoms with Crippen LogP contribution >= 0.6 is 0 Å². The largest absolute Gasteiger partial charge is 0.495 e. The summed E-state index contributed by atoms with van der Waals surface area (Å²) in [7, 11) is 3.25. The van der Waals surface area contributed by atoms with Crippen molar-refractivity contribution in [1.82, 2.24) is 0 Å². The summed E-state index contributed by atoms with van der Waals surface area (Å²) in [6, 6.07) is 1.87. The van der Waals surface area contributed by atoms with Gasteiger partial charge in [-0.1, -0.05) is 0 Å². The summed E-state index contributed by atoms with van der Waals surface area (Å²) in [5, 5.41) is 0.881. The predicted octanol–water partition coefficient (Wildman–Crippen LogP) is 3.63. The Morgan fingerprint density at radius 3 is 2.53 bits per heavy atom. The van der Waals surface area contributed by atoms with E-state index in [4.69, 9.17) is 18.6 Å². The molecule has 0 radical (unpaired) electrons. The lowest BCUT2D eigenvalue weighted by molar-refractivity contribution is 0.151. The molecule has 100 valence electrons. The minimum Gasteiger partial charge on any atom is -0.495 e. The zero-order valence-corrected chi connectivity index (χ0v) is 11.4. The molecule has 0 amide bonds. The van der Waals surface area contributed by atoms with Gasteiger partial charge in [-0.2, -0.15) is 0 Å². The first-order valence-corrected chi connectivity index (χ1v) is 6.11. The Morgan fingerprint density at radius 2 is 1.84 bits per heavy atom. The van der Waals surface area contributed by atoms with Gasteiger partial charge in [-0.3, -0.25) is 0 Å². The third kappa shape index (κ3) is 1.67. The molecule has 0 fully saturated rings. The Hall–Kier alpha value is -2.10. The smallest absolute Gasteiger partial charge is 0.205 e. The maximum atomic E-state index is 6.01. The van der Waals surface area contributed by atoms with Gasteiger partial charge in [-0.05, 0) is 32.1 Å². The third-order valence-corrected chi connectivity index (χ3v) is 3.24. The standard InChI is InChI=1S/C15H16O4/c1-15(2)7-5-9-11(16-3)10-6-8-18-12(10)14(17-4)13(9)19-15/h5-8H,1-4H3. The maximum Gasteiger partial charge on any atom is 0.205 e. The first-order chi connectivity index (χ1) is 9.07. The highest BCUT2D eigenvalue weighted by atomic mass is 16.5. The number of ether oxygens (including phenoxy) is 3. The van der Waals surface area contributed by atoms with E-state index in [1.165, 1.54) is 0 Å². The number of fused-ring (bicyclic) bond motifs is 2. The van der Waals surface area contributed by atoms with Crippen molar-refractivity contribution in [1.29, 1.82) is 0 Å². The first kappa shape index (κ1) is 12.0. The van der Waals surface area contributed by atoms with E-state index in [1.807, 2.05) is 32.1 Å². The summed E-state index contributed by atoms with van der Waals surface area (Å²) in [6.07, 6.45) is 5.63. The second-order valence-corrected chi connectivity index (χ2v) is 5.01. The Morgan fingerprint density at radius 1 is 1.11 bits per heavy atom. The van der Waals surface area contributed by atoms with Crippen molar-refractivity contribution in [3.05, 3.63) is 24.0 Å². The predicted molar refractivity (Wildman–Crippen MR) is 73.1 cm³/mol. The van der Waals surface area contributed by atoms with Crippen LogP contribution in [-0.2, 0) is 0 Å². The number of methoxy groups -OCH3 is 2.